The van der Waals surface area contributed by atoms with Crippen molar-refractivity contribution in [2.45, 2.75) is 25.4 Å². The highest BCUT2D eigenvalue weighted by molar-refractivity contribution is 5.95. The SMILES string of the molecule is CNC(=O)c1cn[nH]c1C1CCCN1Cc1ccccn1. The van der Waals surface area contributed by atoms with E-state index in [1.54, 1.807) is 13.2 Å². The lowest BCUT2D eigenvalue weighted by atomic mass is 10.1. The normalized spacial score (nSPS) is 18.8. The Labute approximate surface area is 123 Å². The maximum Gasteiger partial charge on any atom is 0.254 e. The molecule has 1 aliphatic heterocycles. The summed E-state index contributed by atoms with van der Waals surface area (Å²) in [6, 6.07) is 6.15. The number of likely N-dealkylation sites (tertiary alicyclic amines) is 1. The first kappa shape index (κ1) is 13.8. The van der Waals surface area contributed by atoms with Gasteiger partial charge in [0.05, 0.1) is 29.2 Å². The minimum Gasteiger partial charge on any atom is -0.355 e. The Morgan fingerprint density at radius 3 is 3.19 bits per heavy atom. The Morgan fingerprint density at radius 2 is 2.43 bits per heavy atom. The van der Waals surface area contributed by atoms with Gasteiger partial charge in [0.25, 0.3) is 5.91 Å². The predicted octanol–water partition coefficient (Wildman–Crippen LogP) is 1.50. The molecule has 1 aliphatic rings. The van der Waals surface area contributed by atoms with E-state index in [4.69, 9.17) is 0 Å². The summed E-state index contributed by atoms with van der Waals surface area (Å²) in [5.74, 6) is -0.0940. The van der Waals surface area contributed by atoms with Gasteiger partial charge < -0.3 is 5.32 Å². The van der Waals surface area contributed by atoms with E-state index in [-0.39, 0.29) is 11.9 Å². The van der Waals surface area contributed by atoms with Gasteiger partial charge in [-0.15, -0.1) is 0 Å². The lowest BCUT2D eigenvalue weighted by molar-refractivity contribution is 0.0960. The van der Waals surface area contributed by atoms with Crippen molar-refractivity contribution in [1.82, 2.24) is 25.4 Å². The summed E-state index contributed by atoms with van der Waals surface area (Å²) in [6.45, 7) is 1.80. The van der Waals surface area contributed by atoms with Gasteiger partial charge in [0, 0.05) is 19.8 Å². The van der Waals surface area contributed by atoms with Crippen LogP contribution in [0.4, 0.5) is 0 Å². The quantitative estimate of drug-likeness (QED) is 0.893. The highest BCUT2D eigenvalue weighted by Crippen LogP contribution is 2.33. The molecule has 0 aliphatic carbocycles. The molecule has 0 spiro atoms. The lowest BCUT2D eigenvalue weighted by Gasteiger charge is -2.23. The monoisotopic (exact) mass is 285 g/mol. The average molecular weight is 285 g/mol. The number of amides is 1. The fourth-order valence-electron chi connectivity index (χ4n) is 2.91. The summed E-state index contributed by atoms with van der Waals surface area (Å²) < 4.78 is 0. The van der Waals surface area contributed by atoms with E-state index in [0.717, 1.165) is 37.3 Å². The Hall–Kier alpha value is -2.21. The topological polar surface area (TPSA) is 73.9 Å². The van der Waals surface area contributed by atoms with Crippen LogP contribution in [0.15, 0.2) is 30.6 Å². The Bertz CT molecular complexity index is 610. The largest absolute Gasteiger partial charge is 0.355 e. The molecular formula is C15H19N5O. The van der Waals surface area contributed by atoms with Gasteiger partial charge in [0.2, 0.25) is 0 Å². The maximum atomic E-state index is 11.9. The van der Waals surface area contributed by atoms with Gasteiger partial charge in [-0.2, -0.15) is 5.10 Å². The number of nitrogens with one attached hydrogen (secondary N) is 2. The molecule has 1 fully saturated rings. The zero-order chi connectivity index (χ0) is 14.7. The van der Waals surface area contributed by atoms with E-state index in [2.05, 4.69) is 25.4 Å². The summed E-state index contributed by atoms with van der Waals surface area (Å²) in [5.41, 5.74) is 2.59. The van der Waals surface area contributed by atoms with Crippen LogP contribution >= 0.6 is 0 Å². The number of hydrogen-bond acceptors (Lipinski definition) is 4. The molecule has 0 aromatic carbocycles. The van der Waals surface area contributed by atoms with Crippen LogP contribution in [0.3, 0.4) is 0 Å². The molecule has 0 bridgehead atoms. The van der Waals surface area contributed by atoms with E-state index in [0.29, 0.717) is 5.56 Å². The van der Waals surface area contributed by atoms with Crippen molar-refractivity contribution < 1.29 is 4.79 Å². The van der Waals surface area contributed by atoms with E-state index in [1.165, 1.54) is 0 Å². The highest BCUT2D eigenvalue weighted by Gasteiger charge is 2.30. The Morgan fingerprint density at radius 1 is 1.52 bits per heavy atom. The second-order valence-corrected chi connectivity index (χ2v) is 5.23. The second kappa shape index (κ2) is 6.05. The summed E-state index contributed by atoms with van der Waals surface area (Å²) in [7, 11) is 1.64. The van der Waals surface area contributed by atoms with Crippen LogP contribution in [0.2, 0.25) is 0 Å². The smallest absolute Gasteiger partial charge is 0.254 e. The van der Waals surface area contributed by atoms with E-state index in [1.807, 2.05) is 24.4 Å². The van der Waals surface area contributed by atoms with Crippen LogP contribution in [0.25, 0.3) is 0 Å². The minimum atomic E-state index is -0.0940. The van der Waals surface area contributed by atoms with Gasteiger partial charge in [-0.05, 0) is 31.5 Å². The third-order valence-electron chi connectivity index (χ3n) is 3.93. The molecule has 1 saturated heterocycles. The molecule has 1 atom stereocenters. The van der Waals surface area contributed by atoms with Crippen molar-refractivity contribution in [3.63, 3.8) is 0 Å². The molecule has 2 N–H and O–H groups in total. The van der Waals surface area contributed by atoms with E-state index >= 15 is 0 Å². The molecule has 0 radical (unpaired) electrons. The summed E-state index contributed by atoms with van der Waals surface area (Å²) >= 11 is 0. The van der Waals surface area contributed by atoms with Crippen molar-refractivity contribution in [3.05, 3.63) is 47.5 Å². The number of nitrogens with zero attached hydrogens (tertiary/aromatic N) is 3. The maximum absolute atomic E-state index is 11.9. The number of pyridine rings is 1. The first-order valence-corrected chi connectivity index (χ1v) is 7.19. The molecule has 1 unspecified atom stereocenters. The highest BCUT2D eigenvalue weighted by atomic mass is 16.1. The number of H-pyrrole nitrogens is 1. The van der Waals surface area contributed by atoms with Crippen molar-refractivity contribution in [3.8, 4) is 0 Å². The zero-order valence-electron chi connectivity index (χ0n) is 12.0. The van der Waals surface area contributed by atoms with Gasteiger partial charge in [0.15, 0.2) is 0 Å². The van der Waals surface area contributed by atoms with Gasteiger partial charge in [-0.1, -0.05) is 6.07 Å². The fourth-order valence-corrected chi connectivity index (χ4v) is 2.91. The van der Waals surface area contributed by atoms with Crippen molar-refractivity contribution >= 4 is 5.91 Å². The number of hydrogen-bond donors (Lipinski definition) is 2. The molecule has 2 aromatic rings. The summed E-state index contributed by atoms with van der Waals surface area (Å²) in [4.78, 5) is 18.6. The van der Waals surface area contributed by atoms with Crippen molar-refractivity contribution in [1.29, 1.82) is 0 Å². The number of carbonyl (C=O) groups is 1. The summed E-state index contributed by atoms with van der Waals surface area (Å²) in [6.07, 6.45) is 5.56. The predicted molar refractivity (Wildman–Crippen MR) is 78.6 cm³/mol. The van der Waals surface area contributed by atoms with Gasteiger partial charge in [-0.3, -0.25) is 19.8 Å². The summed E-state index contributed by atoms with van der Waals surface area (Å²) in [5, 5.41) is 9.72. The number of rotatable bonds is 4. The molecule has 110 valence electrons. The van der Waals surface area contributed by atoms with E-state index in [9.17, 15) is 4.79 Å². The molecule has 3 heterocycles. The third-order valence-corrected chi connectivity index (χ3v) is 3.93. The molecule has 6 heteroatoms. The van der Waals surface area contributed by atoms with Crippen LogP contribution < -0.4 is 5.32 Å². The molecule has 0 saturated carbocycles. The van der Waals surface area contributed by atoms with Crippen LogP contribution in [0.5, 0.6) is 0 Å². The van der Waals surface area contributed by atoms with Gasteiger partial charge in [0.1, 0.15) is 0 Å². The molecule has 6 nitrogen and oxygen atoms in total. The standard InChI is InChI=1S/C15H19N5O/c1-16-15(21)12-9-18-19-14(12)13-6-4-8-20(13)10-11-5-2-3-7-17-11/h2-3,5,7,9,13H,4,6,8,10H2,1H3,(H,16,21)(H,18,19). The molecule has 2 aromatic heterocycles. The molecule has 21 heavy (non-hydrogen) atoms. The zero-order valence-corrected chi connectivity index (χ0v) is 12.0. The lowest BCUT2D eigenvalue weighted by Crippen LogP contribution is -2.26. The van der Waals surface area contributed by atoms with E-state index < -0.39 is 0 Å². The number of aromatic nitrogens is 3. The third kappa shape index (κ3) is 2.80. The first-order chi connectivity index (χ1) is 10.3. The van der Waals surface area contributed by atoms with Crippen LogP contribution in [-0.2, 0) is 6.54 Å². The number of carbonyl (C=O) groups excluding carboxylic acids is 1. The van der Waals surface area contributed by atoms with Crippen LogP contribution in [0, 0.1) is 0 Å². The average Bonchev–Trinajstić information content (AvgIpc) is 3.16. The Balaban J connectivity index is 1.81. The second-order valence-electron chi connectivity index (χ2n) is 5.23. The molecule has 1 amide bonds. The van der Waals surface area contributed by atoms with Crippen LogP contribution in [0.1, 0.15) is 40.6 Å². The Kier molecular flexibility index (Phi) is 3.96. The van der Waals surface area contributed by atoms with Gasteiger partial charge in [-0.25, -0.2) is 0 Å². The molecule has 3 rings (SSSR count). The van der Waals surface area contributed by atoms with Crippen LogP contribution in [-0.4, -0.2) is 39.6 Å². The van der Waals surface area contributed by atoms with Gasteiger partial charge >= 0.3 is 0 Å². The number of aromatic amines is 1. The molecular weight excluding hydrogens is 266 g/mol. The minimum absolute atomic E-state index is 0.0940. The van der Waals surface area contributed by atoms with Crippen molar-refractivity contribution in [2.75, 3.05) is 13.6 Å². The fraction of sp³-hybridized carbons (Fsp3) is 0.400. The van der Waals surface area contributed by atoms with Crippen molar-refractivity contribution in [2.24, 2.45) is 0 Å². The first-order valence-electron chi connectivity index (χ1n) is 7.19.